The Bertz CT molecular complexity index is 548. The number of hydrogen-bond acceptors (Lipinski definition) is 3. The molecule has 2 atom stereocenters. The Kier molecular flexibility index (Phi) is 4.00. The van der Waals surface area contributed by atoms with Gasteiger partial charge in [0.1, 0.15) is 17.3 Å². The minimum absolute atomic E-state index is 0.0465. The molecule has 0 amide bonds. The maximum atomic E-state index is 12.8. The number of nitrogens with zero attached hydrogens (tertiary/aromatic N) is 1. The number of furan rings is 1. The van der Waals surface area contributed by atoms with Crippen LogP contribution in [0, 0.1) is 19.7 Å². The van der Waals surface area contributed by atoms with Crippen LogP contribution in [0.4, 0.5) is 4.39 Å². The molecular weight excluding hydrogens is 243 g/mol. The van der Waals surface area contributed by atoms with E-state index in [1.165, 1.54) is 12.3 Å². The van der Waals surface area contributed by atoms with E-state index in [1.807, 2.05) is 26.8 Å². The van der Waals surface area contributed by atoms with E-state index < -0.39 is 0 Å². The van der Waals surface area contributed by atoms with E-state index in [0.717, 1.165) is 22.8 Å². The number of rotatable bonds is 4. The molecule has 4 heteroatoms. The number of nitrogens with one attached hydrogen (secondary N) is 1. The summed E-state index contributed by atoms with van der Waals surface area (Å²) in [5, 5.41) is 3.44. The molecule has 0 aliphatic heterocycles. The fraction of sp³-hybridized carbons (Fsp3) is 0.400. The molecule has 0 aliphatic carbocycles. The summed E-state index contributed by atoms with van der Waals surface area (Å²) in [6.45, 7) is 7.99. The van der Waals surface area contributed by atoms with Gasteiger partial charge in [0.15, 0.2) is 0 Å². The van der Waals surface area contributed by atoms with Crippen molar-refractivity contribution in [1.29, 1.82) is 0 Å². The molecule has 2 heterocycles. The predicted octanol–water partition coefficient (Wildman–Crippen LogP) is 3.84. The van der Waals surface area contributed by atoms with Crippen LogP contribution in [0.1, 0.15) is 48.7 Å². The zero-order chi connectivity index (χ0) is 14.0. The number of aromatic nitrogens is 1. The number of pyridine rings is 1. The molecule has 2 rings (SSSR count). The molecule has 0 fully saturated rings. The van der Waals surface area contributed by atoms with Gasteiger partial charge in [-0.3, -0.25) is 4.98 Å². The van der Waals surface area contributed by atoms with Gasteiger partial charge in [0.2, 0.25) is 0 Å². The lowest BCUT2D eigenvalue weighted by Gasteiger charge is -2.19. The van der Waals surface area contributed by atoms with Crippen molar-refractivity contribution in [2.45, 2.75) is 39.8 Å². The lowest BCUT2D eigenvalue weighted by atomic mass is 10.1. The lowest BCUT2D eigenvalue weighted by Crippen LogP contribution is -2.23. The van der Waals surface area contributed by atoms with Crippen molar-refractivity contribution in [3.05, 3.63) is 53.0 Å². The molecule has 19 heavy (non-hydrogen) atoms. The fourth-order valence-electron chi connectivity index (χ4n) is 2.27. The third-order valence-corrected chi connectivity index (χ3v) is 3.24. The van der Waals surface area contributed by atoms with Gasteiger partial charge in [-0.1, -0.05) is 0 Å². The number of hydrogen-bond donors (Lipinski definition) is 1. The molecule has 0 radical (unpaired) electrons. The molecule has 2 aromatic rings. The SMILES string of the molecule is Cc1cc(C(C)NC(C)c2ccc(F)cn2)c(C)o1. The molecule has 0 saturated heterocycles. The van der Waals surface area contributed by atoms with Crippen LogP contribution in [-0.2, 0) is 0 Å². The minimum Gasteiger partial charge on any atom is -0.466 e. The van der Waals surface area contributed by atoms with Crippen LogP contribution < -0.4 is 5.32 Å². The van der Waals surface area contributed by atoms with Crippen LogP contribution in [0.3, 0.4) is 0 Å². The van der Waals surface area contributed by atoms with E-state index in [4.69, 9.17) is 4.42 Å². The Morgan fingerprint density at radius 1 is 1.21 bits per heavy atom. The predicted molar refractivity (Wildman–Crippen MR) is 72.3 cm³/mol. The van der Waals surface area contributed by atoms with Gasteiger partial charge in [-0.05, 0) is 45.9 Å². The van der Waals surface area contributed by atoms with E-state index in [1.54, 1.807) is 6.07 Å². The highest BCUT2D eigenvalue weighted by Crippen LogP contribution is 2.23. The highest BCUT2D eigenvalue weighted by Gasteiger charge is 2.16. The van der Waals surface area contributed by atoms with Gasteiger partial charge in [0.25, 0.3) is 0 Å². The summed E-state index contributed by atoms with van der Waals surface area (Å²) in [5.74, 6) is 1.52. The highest BCUT2D eigenvalue weighted by molar-refractivity contribution is 5.24. The molecule has 3 nitrogen and oxygen atoms in total. The quantitative estimate of drug-likeness (QED) is 0.909. The maximum absolute atomic E-state index is 12.8. The van der Waals surface area contributed by atoms with Gasteiger partial charge in [-0.2, -0.15) is 0 Å². The van der Waals surface area contributed by atoms with Crippen LogP contribution in [0.2, 0.25) is 0 Å². The molecule has 0 aromatic carbocycles. The first-order valence-corrected chi connectivity index (χ1v) is 6.42. The second-order valence-electron chi connectivity index (χ2n) is 4.88. The van der Waals surface area contributed by atoms with E-state index in [9.17, 15) is 4.39 Å². The largest absolute Gasteiger partial charge is 0.466 e. The molecule has 2 unspecified atom stereocenters. The summed E-state index contributed by atoms with van der Waals surface area (Å²) in [4.78, 5) is 4.09. The molecule has 1 N–H and O–H groups in total. The van der Waals surface area contributed by atoms with Crippen molar-refractivity contribution in [1.82, 2.24) is 10.3 Å². The highest BCUT2D eigenvalue weighted by atomic mass is 19.1. The summed E-state index contributed by atoms with van der Waals surface area (Å²) in [6, 6.07) is 5.37. The summed E-state index contributed by atoms with van der Waals surface area (Å²) in [5.41, 5.74) is 1.97. The monoisotopic (exact) mass is 262 g/mol. The van der Waals surface area contributed by atoms with Crippen molar-refractivity contribution in [3.8, 4) is 0 Å². The van der Waals surface area contributed by atoms with Crippen LogP contribution >= 0.6 is 0 Å². The van der Waals surface area contributed by atoms with E-state index in [2.05, 4.69) is 17.2 Å². The summed E-state index contributed by atoms with van der Waals surface area (Å²) >= 11 is 0. The summed E-state index contributed by atoms with van der Waals surface area (Å²) < 4.78 is 18.4. The van der Waals surface area contributed by atoms with Gasteiger partial charge in [-0.15, -0.1) is 0 Å². The maximum Gasteiger partial charge on any atom is 0.141 e. The zero-order valence-corrected chi connectivity index (χ0v) is 11.7. The van der Waals surface area contributed by atoms with Crippen LogP contribution in [-0.4, -0.2) is 4.98 Å². The van der Waals surface area contributed by atoms with Crippen LogP contribution in [0.25, 0.3) is 0 Å². The number of halogens is 1. The van der Waals surface area contributed by atoms with Gasteiger partial charge in [0.05, 0.1) is 11.9 Å². The van der Waals surface area contributed by atoms with E-state index in [-0.39, 0.29) is 17.9 Å². The van der Waals surface area contributed by atoms with Gasteiger partial charge in [0, 0.05) is 17.6 Å². The third-order valence-electron chi connectivity index (χ3n) is 3.24. The lowest BCUT2D eigenvalue weighted by molar-refractivity contribution is 0.463. The molecule has 0 aliphatic rings. The summed E-state index contributed by atoms with van der Waals surface area (Å²) in [7, 11) is 0. The van der Waals surface area contributed by atoms with Gasteiger partial charge in [-0.25, -0.2) is 4.39 Å². The Labute approximate surface area is 112 Å². The molecule has 0 bridgehead atoms. The van der Waals surface area contributed by atoms with Crippen molar-refractivity contribution in [3.63, 3.8) is 0 Å². The average Bonchev–Trinajstić information content (AvgIpc) is 2.69. The van der Waals surface area contributed by atoms with Gasteiger partial charge >= 0.3 is 0 Å². The Hall–Kier alpha value is -1.68. The summed E-state index contributed by atoms with van der Waals surface area (Å²) in [6.07, 6.45) is 1.24. The van der Waals surface area contributed by atoms with Gasteiger partial charge < -0.3 is 9.73 Å². The smallest absolute Gasteiger partial charge is 0.141 e. The van der Waals surface area contributed by atoms with Crippen molar-refractivity contribution in [2.24, 2.45) is 0 Å². The first-order chi connectivity index (χ1) is 8.97. The minimum atomic E-state index is -0.315. The first-order valence-electron chi connectivity index (χ1n) is 6.42. The molecule has 0 spiro atoms. The van der Waals surface area contributed by atoms with E-state index in [0.29, 0.717) is 0 Å². The van der Waals surface area contributed by atoms with Crippen molar-refractivity contribution < 1.29 is 8.81 Å². The van der Waals surface area contributed by atoms with E-state index >= 15 is 0 Å². The third kappa shape index (κ3) is 3.20. The second-order valence-corrected chi connectivity index (χ2v) is 4.88. The Balaban J connectivity index is 2.08. The molecule has 102 valence electrons. The van der Waals surface area contributed by atoms with Crippen LogP contribution in [0.15, 0.2) is 28.8 Å². The molecule has 0 saturated carbocycles. The first kappa shape index (κ1) is 13.7. The van der Waals surface area contributed by atoms with Crippen LogP contribution in [0.5, 0.6) is 0 Å². The molecular formula is C15H19FN2O. The normalized spacial score (nSPS) is 14.4. The number of aryl methyl sites for hydroxylation is 2. The standard InChI is InChI=1S/C15H19FN2O/c1-9-7-14(12(4)19-9)10(2)18-11(3)15-6-5-13(16)8-17-15/h5-8,10-11,18H,1-4H3. The van der Waals surface area contributed by atoms with Crippen molar-refractivity contribution in [2.75, 3.05) is 0 Å². The average molecular weight is 262 g/mol. The topological polar surface area (TPSA) is 38.1 Å². The zero-order valence-electron chi connectivity index (χ0n) is 11.7. The molecule has 2 aromatic heterocycles. The Morgan fingerprint density at radius 2 is 1.95 bits per heavy atom. The van der Waals surface area contributed by atoms with Crippen molar-refractivity contribution >= 4 is 0 Å². The Morgan fingerprint density at radius 3 is 2.47 bits per heavy atom. The second kappa shape index (κ2) is 5.53. The fourth-order valence-corrected chi connectivity index (χ4v) is 2.27.